The summed E-state index contributed by atoms with van der Waals surface area (Å²) in [5.74, 6) is 0. The van der Waals surface area contributed by atoms with E-state index in [0.717, 1.165) is 0 Å². The van der Waals surface area contributed by atoms with Crippen LogP contribution in [0.25, 0.3) is 82.4 Å². The molecular weight excluding hydrogens is 470 g/mol. The fourth-order valence-electron chi connectivity index (χ4n) is 6.87. The van der Waals surface area contributed by atoms with Gasteiger partial charge in [0.15, 0.2) is 0 Å². The second-order valence-electron chi connectivity index (χ2n) is 10.5. The summed E-state index contributed by atoms with van der Waals surface area (Å²) < 4.78 is 2.41. The first-order chi connectivity index (χ1) is 19.4. The van der Waals surface area contributed by atoms with Gasteiger partial charge >= 0.3 is 0 Å². The Labute approximate surface area is 226 Å². The number of nitrogens with zero attached hydrogens (tertiary/aromatic N) is 1. The largest absolute Gasteiger partial charge is 0.309 e. The van der Waals surface area contributed by atoms with Gasteiger partial charge in [-0.1, -0.05) is 115 Å². The highest BCUT2D eigenvalue weighted by Crippen LogP contribution is 2.49. The molecule has 180 valence electrons. The second-order valence-corrected chi connectivity index (χ2v) is 10.5. The van der Waals surface area contributed by atoms with E-state index in [1.165, 1.54) is 82.4 Å². The van der Waals surface area contributed by atoms with E-state index in [0.29, 0.717) is 0 Å². The van der Waals surface area contributed by atoms with Gasteiger partial charge in [0.2, 0.25) is 0 Å². The van der Waals surface area contributed by atoms with E-state index in [4.69, 9.17) is 0 Å². The maximum Gasteiger partial charge on any atom is 0.0547 e. The van der Waals surface area contributed by atoms with Gasteiger partial charge in [-0.3, -0.25) is 0 Å². The SMILES string of the molecule is c1ccc2c(c1)-c1cccc3c(-c4ccc(-n5c6ccccc6c6c7ccccc7ccc65)cc4)ccc-2c13. The predicted molar refractivity (Wildman–Crippen MR) is 166 cm³/mol. The first-order valence-electron chi connectivity index (χ1n) is 13.5. The van der Waals surface area contributed by atoms with Gasteiger partial charge in [-0.05, 0) is 79.2 Å². The van der Waals surface area contributed by atoms with Gasteiger partial charge in [0, 0.05) is 16.5 Å². The van der Waals surface area contributed by atoms with Gasteiger partial charge in [-0.15, -0.1) is 0 Å². The molecule has 0 radical (unpaired) electrons. The molecule has 8 aromatic rings. The lowest BCUT2D eigenvalue weighted by Crippen LogP contribution is -1.94. The molecule has 0 N–H and O–H groups in total. The van der Waals surface area contributed by atoms with E-state index in [1.54, 1.807) is 0 Å². The summed E-state index contributed by atoms with van der Waals surface area (Å²) in [6.07, 6.45) is 0. The van der Waals surface area contributed by atoms with Gasteiger partial charge in [0.25, 0.3) is 0 Å². The number of hydrogen-bond acceptors (Lipinski definition) is 0. The first-order valence-corrected chi connectivity index (χ1v) is 13.5. The average Bonchev–Trinajstić information content (AvgIpc) is 3.52. The molecule has 1 aromatic heterocycles. The standard InChI is InChI=1S/C38H23N/c1-2-9-28-24(8-1)18-23-36-38(28)34-12-5-6-15-35(34)39(36)26-19-16-25(17-20-26)27-21-22-33-30-11-4-3-10-29(30)32-14-7-13-31(27)37(32)33/h1-23H. The number of rotatable bonds is 2. The van der Waals surface area contributed by atoms with Crippen LogP contribution in [-0.4, -0.2) is 4.57 Å². The molecule has 1 aliphatic rings. The number of aromatic nitrogens is 1. The Morgan fingerprint density at radius 3 is 1.82 bits per heavy atom. The van der Waals surface area contributed by atoms with Crippen LogP contribution >= 0.6 is 0 Å². The lowest BCUT2D eigenvalue weighted by molar-refractivity contribution is 1.18. The number of benzene rings is 7. The molecular formula is C38H23N. The van der Waals surface area contributed by atoms with Gasteiger partial charge in [-0.25, -0.2) is 0 Å². The second kappa shape index (κ2) is 7.69. The van der Waals surface area contributed by atoms with Crippen molar-refractivity contribution in [1.29, 1.82) is 0 Å². The van der Waals surface area contributed by atoms with E-state index in [9.17, 15) is 0 Å². The third kappa shape index (κ3) is 2.79. The average molecular weight is 494 g/mol. The lowest BCUT2D eigenvalue weighted by Gasteiger charge is -2.12. The van der Waals surface area contributed by atoms with E-state index in [1.807, 2.05) is 0 Å². The quantitative estimate of drug-likeness (QED) is 0.226. The molecule has 0 saturated carbocycles. The Bertz CT molecular complexity index is 2240. The van der Waals surface area contributed by atoms with Gasteiger partial charge in [0.05, 0.1) is 11.0 Å². The van der Waals surface area contributed by atoms with Crippen LogP contribution in [0.1, 0.15) is 0 Å². The zero-order valence-corrected chi connectivity index (χ0v) is 21.2. The summed E-state index contributed by atoms with van der Waals surface area (Å²) in [6, 6.07) is 51.2. The van der Waals surface area contributed by atoms with Crippen molar-refractivity contribution >= 4 is 43.4 Å². The Morgan fingerprint density at radius 1 is 0.333 bits per heavy atom. The van der Waals surface area contributed by atoms with Gasteiger partial charge in [0.1, 0.15) is 0 Å². The molecule has 1 nitrogen and oxygen atoms in total. The first kappa shape index (κ1) is 20.9. The molecule has 0 aliphatic heterocycles. The summed E-state index contributed by atoms with van der Waals surface area (Å²) in [4.78, 5) is 0. The topological polar surface area (TPSA) is 4.93 Å². The summed E-state index contributed by atoms with van der Waals surface area (Å²) in [6.45, 7) is 0. The van der Waals surface area contributed by atoms with Crippen molar-refractivity contribution in [3.8, 4) is 39.1 Å². The molecule has 1 heterocycles. The third-order valence-corrected chi connectivity index (χ3v) is 8.55. The van der Waals surface area contributed by atoms with Crippen LogP contribution in [0.3, 0.4) is 0 Å². The van der Waals surface area contributed by atoms with Crippen LogP contribution < -0.4 is 0 Å². The van der Waals surface area contributed by atoms with Crippen LogP contribution in [0.4, 0.5) is 0 Å². The van der Waals surface area contributed by atoms with Crippen molar-refractivity contribution in [2.75, 3.05) is 0 Å². The lowest BCUT2D eigenvalue weighted by atomic mass is 9.94. The minimum absolute atomic E-state index is 1.18. The van der Waals surface area contributed by atoms with Crippen molar-refractivity contribution < 1.29 is 0 Å². The van der Waals surface area contributed by atoms with Crippen molar-refractivity contribution in [1.82, 2.24) is 4.57 Å². The Hall–Kier alpha value is -5.14. The molecule has 0 unspecified atom stereocenters. The minimum Gasteiger partial charge on any atom is -0.309 e. The molecule has 0 fully saturated rings. The Morgan fingerprint density at radius 2 is 0.974 bits per heavy atom. The normalized spacial score (nSPS) is 12.1. The molecule has 9 rings (SSSR count). The van der Waals surface area contributed by atoms with Crippen molar-refractivity contribution in [3.05, 3.63) is 140 Å². The van der Waals surface area contributed by atoms with Gasteiger partial charge in [-0.2, -0.15) is 0 Å². The van der Waals surface area contributed by atoms with Crippen LogP contribution in [0, 0.1) is 0 Å². The van der Waals surface area contributed by atoms with E-state index < -0.39 is 0 Å². The fourth-order valence-corrected chi connectivity index (χ4v) is 6.87. The van der Waals surface area contributed by atoms with Gasteiger partial charge < -0.3 is 4.57 Å². The van der Waals surface area contributed by atoms with Crippen molar-refractivity contribution in [3.63, 3.8) is 0 Å². The Kier molecular flexibility index (Phi) is 4.11. The molecule has 0 amide bonds. The monoisotopic (exact) mass is 493 g/mol. The molecule has 1 aliphatic carbocycles. The molecule has 7 aromatic carbocycles. The zero-order valence-electron chi connectivity index (χ0n) is 21.2. The number of para-hydroxylation sites is 1. The molecule has 0 spiro atoms. The highest BCUT2D eigenvalue weighted by Gasteiger charge is 2.22. The van der Waals surface area contributed by atoms with E-state index in [-0.39, 0.29) is 0 Å². The zero-order chi connectivity index (χ0) is 25.5. The maximum absolute atomic E-state index is 2.41. The van der Waals surface area contributed by atoms with Crippen molar-refractivity contribution in [2.24, 2.45) is 0 Å². The van der Waals surface area contributed by atoms with E-state index in [2.05, 4.69) is 144 Å². The predicted octanol–water partition coefficient (Wildman–Crippen LogP) is 10.4. The highest BCUT2D eigenvalue weighted by atomic mass is 15.0. The molecule has 0 bridgehead atoms. The minimum atomic E-state index is 1.18. The summed E-state index contributed by atoms with van der Waals surface area (Å²) in [7, 11) is 0. The number of hydrogen-bond donors (Lipinski definition) is 0. The molecule has 1 heteroatoms. The Balaban J connectivity index is 1.24. The summed E-state index contributed by atoms with van der Waals surface area (Å²) in [5.41, 5.74) is 11.5. The molecule has 39 heavy (non-hydrogen) atoms. The van der Waals surface area contributed by atoms with E-state index >= 15 is 0 Å². The van der Waals surface area contributed by atoms with Crippen LogP contribution in [0.5, 0.6) is 0 Å². The van der Waals surface area contributed by atoms with Crippen LogP contribution in [0.15, 0.2) is 140 Å². The van der Waals surface area contributed by atoms with Crippen LogP contribution in [-0.2, 0) is 0 Å². The summed E-state index contributed by atoms with van der Waals surface area (Å²) >= 11 is 0. The highest BCUT2D eigenvalue weighted by molar-refractivity contribution is 6.21. The number of fused-ring (bicyclic) bond motifs is 8. The van der Waals surface area contributed by atoms with Crippen molar-refractivity contribution in [2.45, 2.75) is 0 Å². The third-order valence-electron chi connectivity index (χ3n) is 8.55. The fraction of sp³-hybridized carbons (Fsp3) is 0. The smallest absolute Gasteiger partial charge is 0.0547 e. The molecule has 0 atom stereocenters. The van der Waals surface area contributed by atoms with Crippen LogP contribution in [0.2, 0.25) is 0 Å². The summed E-state index contributed by atoms with van der Waals surface area (Å²) in [5, 5.41) is 7.88. The maximum atomic E-state index is 2.41. The molecule has 0 saturated heterocycles.